The van der Waals surface area contributed by atoms with Crippen molar-refractivity contribution in [2.45, 2.75) is 19.4 Å². The summed E-state index contributed by atoms with van der Waals surface area (Å²) in [5.74, 6) is -0.597. The van der Waals surface area contributed by atoms with Gasteiger partial charge in [-0.3, -0.25) is 4.79 Å². The maximum Gasteiger partial charge on any atom is 0.218 e. The van der Waals surface area contributed by atoms with Gasteiger partial charge in [-0.05, 0) is 13.0 Å². The van der Waals surface area contributed by atoms with Crippen LogP contribution in [0.4, 0.5) is 4.39 Å². The third-order valence-corrected chi connectivity index (χ3v) is 2.19. The smallest absolute Gasteiger partial charge is 0.218 e. The van der Waals surface area contributed by atoms with E-state index in [4.69, 9.17) is 5.73 Å². The molecule has 1 aromatic rings. The lowest BCUT2D eigenvalue weighted by atomic mass is 10.1. The Hall–Kier alpha value is -1.42. The van der Waals surface area contributed by atoms with Gasteiger partial charge >= 0.3 is 0 Å². The van der Waals surface area contributed by atoms with Gasteiger partial charge < -0.3 is 11.1 Å². The van der Waals surface area contributed by atoms with Crippen molar-refractivity contribution < 1.29 is 9.18 Å². The quantitative estimate of drug-likeness (QED) is 0.770. The molecule has 0 aliphatic carbocycles. The number of hydrogen-bond acceptors (Lipinski definition) is 2. The fraction of sp³-hybridized carbons (Fsp3) is 0.364. The van der Waals surface area contributed by atoms with Crippen molar-refractivity contribution in [3.8, 4) is 0 Å². The first-order valence-electron chi connectivity index (χ1n) is 4.87. The van der Waals surface area contributed by atoms with Crippen molar-refractivity contribution in [1.29, 1.82) is 0 Å². The molecule has 4 heteroatoms. The van der Waals surface area contributed by atoms with Crippen LogP contribution in [0, 0.1) is 5.82 Å². The highest BCUT2D eigenvalue weighted by Crippen LogP contribution is 2.15. The van der Waals surface area contributed by atoms with Crippen LogP contribution in [0.3, 0.4) is 0 Å². The Morgan fingerprint density at radius 3 is 2.80 bits per heavy atom. The third kappa shape index (κ3) is 3.67. The van der Waals surface area contributed by atoms with Crippen LogP contribution < -0.4 is 11.1 Å². The molecule has 3 N–H and O–H groups in total. The van der Waals surface area contributed by atoms with Crippen LogP contribution in [0.15, 0.2) is 24.3 Å². The lowest BCUT2D eigenvalue weighted by Crippen LogP contribution is -2.25. The van der Waals surface area contributed by atoms with Crippen LogP contribution in [-0.2, 0) is 4.79 Å². The summed E-state index contributed by atoms with van der Waals surface area (Å²) in [5.41, 5.74) is 5.59. The molecular weight excluding hydrogens is 195 g/mol. The Bertz CT molecular complexity index is 341. The number of rotatable bonds is 5. The third-order valence-electron chi connectivity index (χ3n) is 2.19. The molecule has 1 rings (SSSR count). The van der Waals surface area contributed by atoms with Gasteiger partial charge in [0.15, 0.2) is 0 Å². The van der Waals surface area contributed by atoms with Gasteiger partial charge in [-0.25, -0.2) is 4.39 Å². The van der Waals surface area contributed by atoms with Crippen molar-refractivity contribution in [2.24, 2.45) is 5.73 Å². The molecule has 0 radical (unpaired) electrons. The van der Waals surface area contributed by atoms with Gasteiger partial charge in [0.25, 0.3) is 0 Å². The first-order chi connectivity index (χ1) is 7.11. The summed E-state index contributed by atoms with van der Waals surface area (Å²) in [6.45, 7) is 2.31. The second-order valence-corrected chi connectivity index (χ2v) is 3.41. The number of carbonyl (C=O) groups excluding carboxylic acids is 1. The fourth-order valence-corrected chi connectivity index (χ4v) is 1.35. The molecule has 0 spiro atoms. The van der Waals surface area contributed by atoms with E-state index in [1.807, 2.05) is 6.92 Å². The average Bonchev–Trinajstić information content (AvgIpc) is 2.17. The summed E-state index contributed by atoms with van der Waals surface area (Å²) in [5, 5.41) is 3.03. The first kappa shape index (κ1) is 11.7. The van der Waals surface area contributed by atoms with Crippen LogP contribution in [-0.4, -0.2) is 12.5 Å². The minimum atomic E-state index is -0.358. The van der Waals surface area contributed by atoms with Gasteiger partial charge in [0.05, 0.1) is 0 Å². The molecule has 1 unspecified atom stereocenters. The van der Waals surface area contributed by atoms with Crippen molar-refractivity contribution in [3.63, 3.8) is 0 Å². The minimum Gasteiger partial charge on any atom is -0.370 e. The molecule has 0 bridgehead atoms. The molecule has 1 amide bonds. The topological polar surface area (TPSA) is 55.1 Å². The molecule has 3 nitrogen and oxygen atoms in total. The number of halogens is 1. The number of hydrogen-bond donors (Lipinski definition) is 2. The number of nitrogens with one attached hydrogen (secondary N) is 1. The monoisotopic (exact) mass is 210 g/mol. The lowest BCUT2D eigenvalue weighted by molar-refractivity contribution is -0.117. The molecule has 0 fully saturated rings. The number of carbonyl (C=O) groups is 1. The van der Waals surface area contributed by atoms with E-state index in [1.54, 1.807) is 18.2 Å². The number of benzene rings is 1. The molecule has 0 aromatic heterocycles. The normalized spacial score (nSPS) is 12.4. The molecule has 0 aliphatic heterocycles. The van der Waals surface area contributed by atoms with Crippen molar-refractivity contribution in [2.75, 3.05) is 6.54 Å². The Kier molecular flexibility index (Phi) is 4.24. The van der Waals surface area contributed by atoms with E-state index in [-0.39, 0.29) is 24.2 Å². The lowest BCUT2D eigenvalue weighted by Gasteiger charge is -2.14. The Labute approximate surface area is 88.5 Å². The van der Waals surface area contributed by atoms with Crippen molar-refractivity contribution in [3.05, 3.63) is 35.6 Å². The van der Waals surface area contributed by atoms with Gasteiger partial charge in [-0.2, -0.15) is 0 Å². The number of amides is 1. The molecule has 0 saturated carbocycles. The molecule has 1 aromatic carbocycles. The zero-order valence-electron chi connectivity index (χ0n) is 8.66. The van der Waals surface area contributed by atoms with E-state index in [2.05, 4.69) is 5.32 Å². The SMILES string of the molecule is CC(NCCC(N)=O)c1ccccc1F. The highest BCUT2D eigenvalue weighted by Gasteiger charge is 2.09. The van der Waals surface area contributed by atoms with Crippen LogP contribution in [0.2, 0.25) is 0 Å². The summed E-state index contributed by atoms with van der Waals surface area (Å²) in [7, 11) is 0. The predicted octanol–water partition coefficient (Wildman–Crippen LogP) is 1.35. The van der Waals surface area contributed by atoms with Gasteiger partial charge in [0, 0.05) is 24.6 Å². The van der Waals surface area contributed by atoms with E-state index in [0.29, 0.717) is 12.1 Å². The molecular formula is C11H15FN2O. The molecule has 0 aliphatic rings. The molecule has 0 saturated heterocycles. The highest BCUT2D eigenvalue weighted by atomic mass is 19.1. The Balaban J connectivity index is 2.50. The first-order valence-corrected chi connectivity index (χ1v) is 4.87. The van der Waals surface area contributed by atoms with Crippen LogP contribution in [0.1, 0.15) is 24.9 Å². The maximum atomic E-state index is 13.3. The average molecular weight is 210 g/mol. The van der Waals surface area contributed by atoms with Crippen LogP contribution >= 0.6 is 0 Å². The second-order valence-electron chi connectivity index (χ2n) is 3.41. The Morgan fingerprint density at radius 2 is 2.20 bits per heavy atom. The van der Waals surface area contributed by atoms with E-state index < -0.39 is 0 Å². The molecule has 82 valence electrons. The van der Waals surface area contributed by atoms with Crippen LogP contribution in [0.5, 0.6) is 0 Å². The standard InChI is InChI=1S/C11H15FN2O/c1-8(14-7-6-11(13)15)9-4-2-3-5-10(9)12/h2-5,8,14H,6-7H2,1H3,(H2,13,15). The second kappa shape index (κ2) is 5.46. The summed E-state index contributed by atoms with van der Waals surface area (Å²) in [4.78, 5) is 10.5. The van der Waals surface area contributed by atoms with E-state index in [0.717, 1.165) is 0 Å². The summed E-state index contributed by atoms with van der Waals surface area (Å²) >= 11 is 0. The van der Waals surface area contributed by atoms with Crippen molar-refractivity contribution >= 4 is 5.91 Å². The zero-order chi connectivity index (χ0) is 11.3. The van der Waals surface area contributed by atoms with E-state index in [9.17, 15) is 9.18 Å². The molecule has 15 heavy (non-hydrogen) atoms. The van der Waals surface area contributed by atoms with Gasteiger partial charge in [0.2, 0.25) is 5.91 Å². The van der Waals surface area contributed by atoms with Gasteiger partial charge in [-0.15, -0.1) is 0 Å². The summed E-state index contributed by atoms with van der Waals surface area (Å²) in [6.07, 6.45) is 0.263. The highest BCUT2D eigenvalue weighted by molar-refractivity contribution is 5.73. The summed E-state index contributed by atoms with van der Waals surface area (Å²) < 4.78 is 13.3. The fourth-order valence-electron chi connectivity index (χ4n) is 1.35. The van der Waals surface area contributed by atoms with E-state index >= 15 is 0 Å². The number of nitrogens with two attached hydrogens (primary N) is 1. The Morgan fingerprint density at radius 1 is 1.53 bits per heavy atom. The number of primary amides is 1. The predicted molar refractivity (Wildman–Crippen MR) is 56.6 cm³/mol. The largest absolute Gasteiger partial charge is 0.370 e. The van der Waals surface area contributed by atoms with Crippen molar-refractivity contribution in [1.82, 2.24) is 5.32 Å². The molecule has 1 atom stereocenters. The van der Waals surface area contributed by atoms with E-state index in [1.165, 1.54) is 6.07 Å². The van der Waals surface area contributed by atoms with Gasteiger partial charge in [-0.1, -0.05) is 18.2 Å². The maximum absolute atomic E-state index is 13.3. The molecule has 0 heterocycles. The minimum absolute atomic E-state index is 0.120. The van der Waals surface area contributed by atoms with Gasteiger partial charge in [0.1, 0.15) is 5.82 Å². The summed E-state index contributed by atoms with van der Waals surface area (Å²) in [6, 6.07) is 6.45. The van der Waals surface area contributed by atoms with Crippen LogP contribution in [0.25, 0.3) is 0 Å². The zero-order valence-corrected chi connectivity index (χ0v) is 8.66.